The highest BCUT2D eigenvalue weighted by atomic mass is 32.2. The molecule has 1 amide bonds. The number of nitrogens with one attached hydrogen (secondary N) is 2. The molecule has 0 aromatic carbocycles. The number of nitrogens with two attached hydrogens (primary N) is 1. The Balaban J connectivity index is 2.67. The van der Waals surface area contributed by atoms with Gasteiger partial charge in [-0.3, -0.25) is 4.79 Å². The summed E-state index contributed by atoms with van der Waals surface area (Å²) < 4.78 is 0.0148. The Morgan fingerprint density at radius 3 is 2.71 bits per heavy atom. The van der Waals surface area contributed by atoms with E-state index in [-0.39, 0.29) is 16.5 Å². The molecule has 0 spiro atoms. The Hall–Kier alpha value is -0.950. The second-order valence-electron chi connectivity index (χ2n) is 4.13. The van der Waals surface area contributed by atoms with Gasteiger partial charge in [0.2, 0.25) is 0 Å². The van der Waals surface area contributed by atoms with E-state index in [0.29, 0.717) is 16.6 Å². The Bertz CT molecular complexity index is 403. The second-order valence-corrected chi connectivity index (χ2v) is 6.64. The first-order valence-corrected chi connectivity index (χ1v) is 7.21. The van der Waals surface area contributed by atoms with Crippen molar-refractivity contribution in [3.8, 4) is 0 Å². The van der Waals surface area contributed by atoms with Crippen molar-refractivity contribution in [1.82, 2.24) is 10.3 Å². The summed E-state index contributed by atoms with van der Waals surface area (Å²) >= 11 is 2.97. The van der Waals surface area contributed by atoms with Crippen LogP contribution in [0.15, 0.2) is 0 Å². The van der Waals surface area contributed by atoms with E-state index in [2.05, 4.69) is 29.5 Å². The zero-order chi connectivity index (χ0) is 13.1. The van der Waals surface area contributed by atoms with Gasteiger partial charge in [0.25, 0.3) is 5.91 Å². The fourth-order valence-corrected chi connectivity index (χ4v) is 2.02. The molecular weight excluding hydrogens is 256 g/mol. The lowest BCUT2D eigenvalue weighted by molar-refractivity contribution is 0.0955. The summed E-state index contributed by atoms with van der Waals surface area (Å²) in [6.07, 6.45) is 2.02. The molecular formula is C10H18N4OS2. The molecule has 0 radical (unpaired) electrons. The van der Waals surface area contributed by atoms with E-state index < -0.39 is 0 Å². The third kappa shape index (κ3) is 3.78. The Labute approximate surface area is 110 Å². The number of thiazole rings is 1. The number of carbonyl (C=O) groups is 1. The first-order valence-electron chi connectivity index (χ1n) is 5.17. The van der Waals surface area contributed by atoms with Crippen molar-refractivity contribution in [1.29, 1.82) is 0 Å². The topological polar surface area (TPSA) is 80.0 Å². The minimum absolute atomic E-state index is 0.0148. The lowest BCUT2D eigenvalue weighted by Crippen LogP contribution is -2.36. The second kappa shape index (κ2) is 5.59. The lowest BCUT2D eigenvalue weighted by Gasteiger charge is -2.21. The standard InChI is InChI=1S/C10H18N4OS2/c1-10(2,16-4)5-13-8(15)6-7(11)14-9(12-3)17-6/h5,11H2,1-4H3,(H,12,14)(H,13,15). The van der Waals surface area contributed by atoms with Crippen LogP contribution in [0.5, 0.6) is 0 Å². The number of nitrogens with zero attached hydrogens (tertiary/aromatic N) is 1. The van der Waals surface area contributed by atoms with Gasteiger partial charge in [0, 0.05) is 18.3 Å². The van der Waals surface area contributed by atoms with Crippen molar-refractivity contribution in [2.24, 2.45) is 0 Å². The molecule has 7 heteroatoms. The first kappa shape index (κ1) is 14.1. The SMILES string of the molecule is CNc1nc(N)c(C(=O)NCC(C)(C)SC)s1. The third-order valence-electron chi connectivity index (χ3n) is 2.30. The van der Waals surface area contributed by atoms with Crippen LogP contribution in [0, 0.1) is 0 Å². The molecule has 5 nitrogen and oxygen atoms in total. The lowest BCUT2D eigenvalue weighted by atomic mass is 10.2. The normalized spacial score (nSPS) is 11.3. The number of thioether (sulfide) groups is 1. The van der Waals surface area contributed by atoms with Gasteiger partial charge < -0.3 is 16.4 Å². The number of anilines is 2. The van der Waals surface area contributed by atoms with E-state index in [1.165, 1.54) is 11.3 Å². The van der Waals surface area contributed by atoms with Gasteiger partial charge in [-0.05, 0) is 20.1 Å². The number of amides is 1. The predicted molar refractivity (Wildman–Crippen MR) is 76.0 cm³/mol. The highest BCUT2D eigenvalue weighted by Gasteiger charge is 2.20. The van der Waals surface area contributed by atoms with Gasteiger partial charge in [-0.15, -0.1) is 0 Å². The van der Waals surface area contributed by atoms with E-state index in [1.54, 1.807) is 18.8 Å². The number of hydrogen-bond acceptors (Lipinski definition) is 6. The Morgan fingerprint density at radius 2 is 2.24 bits per heavy atom. The molecule has 1 heterocycles. The van der Waals surface area contributed by atoms with Crippen molar-refractivity contribution in [3.63, 3.8) is 0 Å². The summed E-state index contributed by atoms with van der Waals surface area (Å²) in [7, 11) is 1.75. The quantitative estimate of drug-likeness (QED) is 0.760. The third-order valence-corrected chi connectivity index (χ3v) is 4.64. The summed E-state index contributed by atoms with van der Waals surface area (Å²) in [5, 5.41) is 6.39. The van der Waals surface area contributed by atoms with E-state index in [1.807, 2.05) is 6.26 Å². The van der Waals surface area contributed by atoms with E-state index in [0.717, 1.165) is 0 Å². The average Bonchev–Trinajstić information content (AvgIpc) is 2.68. The number of nitrogen functional groups attached to an aromatic ring is 1. The largest absolute Gasteiger partial charge is 0.382 e. The summed E-state index contributed by atoms with van der Waals surface area (Å²) in [6.45, 7) is 4.75. The molecule has 17 heavy (non-hydrogen) atoms. The summed E-state index contributed by atoms with van der Waals surface area (Å²) in [4.78, 5) is 16.4. The molecule has 0 aliphatic carbocycles. The van der Waals surface area contributed by atoms with Gasteiger partial charge in [0.15, 0.2) is 5.13 Å². The van der Waals surface area contributed by atoms with Gasteiger partial charge >= 0.3 is 0 Å². The minimum Gasteiger partial charge on any atom is -0.382 e. The molecule has 1 rings (SSSR count). The molecule has 1 aromatic rings. The van der Waals surface area contributed by atoms with Crippen molar-refractivity contribution in [3.05, 3.63) is 4.88 Å². The molecule has 0 atom stereocenters. The van der Waals surface area contributed by atoms with Crippen molar-refractivity contribution in [2.75, 3.05) is 30.9 Å². The summed E-state index contributed by atoms with van der Waals surface area (Å²) in [5.74, 6) is 0.113. The van der Waals surface area contributed by atoms with Gasteiger partial charge in [-0.1, -0.05) is 11.3 Å². The van der Waals surface area contributed by atoms with Crippen molar-refractivity contribution in [2.45, 2.75) is 18.6 Å². The van der Waals surface area contributed by atoms with Crippen LogP contribution in [0.25, 0.3) is 0 Å². The van der Waals surface area contributed by atoms with Gasteiger partial charge in [-0.25, -0.2) is 4.98 Å². The number of aromatic nitrogens is 1. The van der Waals surface area contributed by atoms with Crippen molar-refractivity contribution < 1.29 is 4.79 Å². The van der Waals surface area contributed by atoms with Crippen LogP contribution >= 0.6 is 23.1 Å². The fourth-order valence-electron chi connectivity index (χ4n) is 1.05. The average molecular weight is 274 g/mol. The van der Waals surface area contributed by atoms with Gasteiger partial charge in [0.05, 0.1) is 0 Å². The molecule has 0 aliphatic heterocycles. The maximum Gasteiger partial charge on any atom is 0.265 e. The summed E-state index contributed by atoms with van der Waals surface area (Å²) in [6, 6.07) is 0. The smallest absolute Gasteiger partial charge is 0.265 e. The molecule has 0 saturated carbocycles. The van der Waals surface area contributed by atoms with Crippen LogP contribution in [0.1, 0.15) is 23.5 Å². The maximum atomic E-state index is 11.9. The monoisotopic (exact) mass is 274 g/mol. The molecule has 1 aromatic heterocycles. The highest BCUT2D eigenvalue weighted by molar-refractivity contribution is 7.99. The molecule has 0 saturated heterocycles. The van der Waals surface area contributed by atoms with Crippen LogP contribution in [0.4, 0.5) is 10.9 Å². The number of carbonyl (C=O) groups excluding carboxylic acids is 1. The van der Waals surface area contributed by atoms with Crippen LogP contribution in [-0.2, 0) is 0 Å². The number of hydrogen-bond donors (Lipinski definition) is 3. The van der Waals surface area contributed by atoms with Crippen molar-refractivity contribution >= 4 is 40.0 Å². The summed E-state index contributed by atoms with van der Waals surface area (Å²) in [5.41, 5.74) is 5.68. The predicted octanol–water partition coefficient (Wildman–Crippen LogP) is 1.64. The fraction of sp³-hybridized carbons (Fsp3) is 0.600. The zero-order valence-corrected chi connectivity index (χ0v) is 12.1. The van der Waals surface area contributed by atoms with Crippen LogP contribution in [-0.4, -0.2) is 35.5 Å². The molecule has 0 aliphatic rings. The Kier molecular flexibility index (Phi) is 4.64. The highest BCUT2D eigenvalue weighted by Crippen LogP contribution is 2.25. The molecule has 96 valence electrons. The van der Waals surface area contributed by atoms with E-state index in [9.17, 15) is 4.79 Å². The van der Waals surface area contributed by atoms with Gasteiger partial charge in [-0.2, -0.15) is 11.8 Å². The van der Waals surface area contributed by atoms with Crippen LogP contribution in [0.3, 0.4) is 0 Å². The van der Waals surface area contributed by atoms with Crippen LogP contribution in [0.2, 0.25) is 0 Å². The van der Waals surface area contributed by atoms with E-state index >= 15 is 0 Å². The zero-order valence-electron chi connectivity index (χ0n) is 10.5. The van der Waals surface area contributed by atoms with E-state index in [4.69, 9.17) is 5.73 Å². The molecule has 4 N–H and O–H groups in total. The molecule has 0 unspecified atom stereocenters. The number of rotatable bonds is 5. The molecule has 0 fully saturated rings. The minimum atomic E-state index is -0.163. The Morgan fingerprint density at radius 1 is 1.59 bits per heavy atom. The first-order chi connectivity index (χ1) is 7.89. The van der Waals surface area contributed by atoms with Gasteiger partial charge in [0.1, 0.15) is 10.7 Å². The molecule has 0 bridgehead atoms. The van der Waals surface area contributed by atoms with Crippen LogP contribution < -0.4 is 16.4 Å². The maximum absolute atomic E-state index is 11.9.